The van der Waals surface area contributed by atoms with Crippen LogP contribution in [0.15, 0.2) is 36.4 Å². The molecule has 0 spiro atoms. The first-order valence-electron chi connectivity index (χ1n) is 10.3. The lowest BCUT2D eigenvalue weighted by atomic mass is 9.88. The van der Waals surface area contributed by atoms with Gasteiger partial charge in [-0.3, -0.25) is 9.59 Å². The average molecular weight is 394 g/mol. The van der Waals surface area contributed by atoms with E-state index in [9.17, 15) is 14.0 Å². The number of carbonyl (C=O) groups excluding carboxylic acids is 2. The topological polar surface area (TPSA) is 52.6 Å². The van der Waals surface area contributed by atoms with Crippen molar-refractivity contribution in [2.75, 3.05) is 19.8 Å². The summed E-state index contributed by atoms with van der Waals surface area (Å²) in [6.07, 6.45) is 0.824. The smallest absolute Gasteiger partial charge is 0.166 e. The Morgan fingerprint density at radius 2 is 1.86 bits per heavy atom. The fourth-order valence-corrected chi connectivity index (χ4v) is 4.88. The summed E-state index contributed by atoms with van der Waals surface area (Å²) in [5.74, 6) is 1.46. The third kappa shape index (κ3) is 3.18. The molecule has 0 bridgehead atoms. The predicted molar refractivity (Wildman–Crippen MR) is 105 cm³/mol. The van der Waals surface area contributed by atoms with Gasteiger partial charge in [0, 0.05) is 29.9 Å². The molecule has 0 amide bonds. The molecule has 2 heterocycles. The maximum absolute atomic E-state index is 13.8. The monoisotopic (exact) mass is 394 g/mol. The van der Waals surface area contributed by atoms with Gasteiger partial charge in [0.2, 0.25) is 0 Å². The normalized spacial score (nSPS) is 26.6. The van der Waals surface area contributed by atoms with E-state index in [2.05, 4.69) is 0 Å². The lowest BCUT2D eigenvalue weighted by Crippen LogP contribution is -2.09. The highest BCUT2D eigenvalue weighted by atomic mass is 19.1. The standard InChI is InChI=1S/C24H23FO4/c1-2-22(26)18-8-14(23(27)9-16-20-10-28-11-21(16)20)7-17-19(12-29-24(17)18)13-4-3-5-15(25)6-13/h3-8,16,19-21H,2,9-12H2,1H3/t16?,19?,20-,21+. The SMILES string of the molecule is CCC(=O)c1cc(C(=O)CC2[C@H]3COC[C@@H]23)cc2c1OCC2c1cccc(F)c1. The third-order valence-electron chi connectivity index (χ3n) is 6.63. The van der Waals surface area contributed by atoms with E-state index in [1.165, 1.54) is 12.1 Å². The van der Waals surface area contributed by atoms with Gasteiger partial charge < -0.3 is 9.47 Å². The highest BCUT2D eigenvalue weighted by Gasteiger charge is 2.54. The van der Waals surface area contributed by atoms with Gasteiger partial charge in [-0.25, -0.2) is 4.39 Å². The van der Waals surface area contributed by atoms with Crippen LogP contribution in [0.1, 0.15) is 57.5 Å². The molecular weight excluding hydrogens is 371 g/mol. The molecule has 1 saturated heterocycles. The van der Waals surface area contributed by atoms with Crippen LogP contribution in [0.2, 0.25) is 0 Å². The van der Waals surface area contributed by atoms with Crippen molar-refractivity contribution in [1.29, 1.82) is 0 Å². The van der Waals surface area contributed by atoms with Gasteiger partial charge in [-0.1, -0.05) is 19.1 Å². The molecule has 2 aromatic carbocycles. The number of carbonyl (C=O) groups is 2. The molecule has 1 aliphatic carbocycles. The predicted octanol–water partition coefficient (Wildman–Crippen LogP) is 4.41. The van der Waals surface area contributed by atoms with E-state index >= 15 is 0 Å². The van der Waals surface area contributed by atoms with Crippen LogP contribution in [0.5, 0.6) is 5.75 Å². The largest absolute Gasteiger partial charge is 0.492 e. The molecule has 0 radical (unpaired) electrons. The quantitative estimate of drug-likeness (QED) is 0.681. The van der Waals surface area contributed by atoms with Gasteiger partial charge in [0.1, 0.15) is 11.6 Å². The van der Waals surface area contributed by atoms with Crippen molar-refractivity contribution in [3.8, 4) is 5.75 Å². The number of Topliss-reactive ketones (excluding diaryl/α,β-unsaturated/α-hetero) is 2. The lowest BCUT2D eigenvalue weighted by Gasteiger charge is -2.13. The minimum absolute atomic E-state index is 0.0486. The zero-order valence-electron chi connectivity index (χ0n) is 16.3. The van der Waals surface area contributed by atoms with Crippen LogP contribution in [0.3, 0.4) is 0 Å². The second-order valence-corrected chi connectivity index (χ2v) is 8.29. The number of halogens is 1. The van der Waals surface area contributed by atoms with Crippen LogP contribution >= 0.6 is 0 Å². The van der Waals surface area contributed by atoms with E-state index in [0.717, 1.165) is 24.3 Å². The average Bonchev–Trinajstić information content (AvgIpc) is 3.09. The van der Waals surface area contributed by atoms with Crippen LogP contribution < -0.4 is 4.74 Å². The Morgan fingerprint density at radius 3 is 2.59 bits per heavy atom. The first kappa shape index (κ1) is 18.5. The fraction of sp³-hybridized carbons (Fsp3) is 0.417. The maximum Gasteiger partial charge on any atom is 0.166 e. The van der Waals surface area contributed by atoms with Crippen molar-refractivity contribution in [1.82, 2.24) is 0 Å². The molecule has 150 valence electrons. The molecule has 0 aromatic heterocycles. The zero-order valence-corrected chi connectivity index (χ0v) is 16.3. The molecule has 2 aromatic rings. The molecule has 2 fully saturated rings. The molecule has 2 unspecified atom stereocenters. The van der Waals surface area contributed by atoms with Gasteiger partial charge in [-0.2, -0.15) is 0 Å². The number of fused-ring (bicyclic) bond motifs is 2. The van der Waals surface area contributed by atoms with Crippen molar-refractivity contribution in [3.63, 3.8) is 0 Å². The second kappa shape index (κ2) is 7.06. The number of ketones is 2. The molecule has 5 rings (SSSR count). The zero-order chi connectivity index (χ0) is 20.1. The summed E-state index contributed by atoms with van der Waals surface area (Å²) in [6.45, 7) is 3.64. The minimum atomic E-state index is -0.310. The number of benzene rings is 2. The van der Waals surface area contributed by atoms with Gasteiger partial charge in [-0.05, 0) is 47.6 Å². The molecule has 4 atom stereocenters. The van der Waals surface area contributed by atoms with Crippen LogP contribution in [0.25, 0.3) is 0 Å². The summed E-state index contributed by atoms with van der Waals surface area (Å²) < 4.78 is 25.1. The van der Waals surface area contributed by atoms with E-state index in [4.69, 9.17) is 9.47 Å². The van der Waals surface area contributed by atoms with E-state index in [1.807, 2.05) is 12.1 Å². The number of ether oxygens (including phenoxy) is 2. The molecule has 5 heteroatoms. The molecule has 0 N–H and O–H groups in total. The van der Waals surface area contributed by atoms with Crippen LogP contribution in [0, 0.1) is 23.6 Å². The van der Waals surface area contributed by atoms with E-state index in [1.54, 1.807) is 19.1 Å². The van der Waals surface area contributed by atoms with Gasteiger partial charge in [0.05, 0.1) is 25.4 Å². The molecule has 3 aliphatic rings. The minimum Gasteiger partial charge on any atom is -0.492 e. The van der Waals surface area contributed by atoms with Crippen molar-refractivity contribution in [2.24, 2.45) is 17.8 Å². The Hall–Kier alpha value is -2.53. The number of hydrogen-bond donors (Lipinski definition) is 0. The Kier molecular flexibility index (Phi) is 4.50. The van der Waals surface area contributed by atoms with Crippen molar-refractivity contribution < 1.29 is 23.5 Å². The summed E-state index contributed by atoms with van der Waals surface area (Å²) in [4.78, 5) is 25.6. The van der Waals surface area contributed by atoms with Crippen LogP contribution in [-0.2, 0) is 4.74 Å². The Balaban J connectivity index is 1.50. The van der Waals surface area contributed by atoms with Gasteiger partial charge in [0.25, 0.3) is 0 Å². The molecular formula is C24H23FO4. The van der Waals surface area contributed by atoms with Gasteiger partial charge >= 0.3 is 0 Å². The summed E-state index contributed by atoms with van der Waals surface area (Å²) in [5, 5.41) is 0. The van der Waals surface area contributed by atoms with Crippen LogP contribution in [-0.4, -0.2) is 31.4 Å². The highest BCUT2D eigenvalue weighted by molar-refractivity contribution is 6.04. The Morgan fingerprint density at radius 1 is 1.07 bits per heavy atom. The molecule has 29 heavy (non-hydrogen) atoms. The first-order chi connectivity index (χ1) is 14.1. The lowest BCUT2D eigenvalue weighted by molar-refractivity contribution is 0.0951. The summed E-state index contributed by atoms with van der Waals surface area (Å²) in [6, 6.07) is 9.96. The molecule has 2 aliphatic heterocycles. The summed E-state index contributed by atoms with van der Waals surface area (Å²) in [7, 11) is 0. The summed E-state index contributed by atoms with van der Waals surface area (Å²) >= 11 is 0. The molecule has 1 saturated carbocycles. The van der Waals surface area contributed by atoms with E-state index in [-0.39, 0.29) is 23.3 Å². The van der Waals surface area contributed by atoms with Crippen molar-refractivity contribution in [3.05, 3.63) is 64.5 Å². The first-order valence-corrected chi connectivity index (χ1v) is 10.3. The molecule has 4 nitrogen and oxygen atoms in total. The number of hydrogen-bond acceptors (Lipinski definition) is 4. The maximum atomic E-state index is 13.8. The van der Waals surface area contributed by atoms with Crippen molar-refractivity contribution in [2.45, 2.75) is 25.7 Å². The number of rotatable bonds is 6. The fourth-order valence-electron chi connectivity index (χ4n) is 4.88. The Bertz CT molecular complexity index is 988. The van der Waals surface area contributed by atoms with Crippen molar-refractivity contribution >= 4 is 11.6 Å². The van der Waals surface area contributed by atoms with Gasteiger partial charge in [-0.15, -0.1) is 0 Å². The summed E-state index contributed by atoms with van der Waals surface area (Å²) in [5.41, 5.74) is 2.61. The van der Waals surface area contributed by atoms with Gasteiger partial charge in [0.15, 0.2) is 11.6 Å². The second-order valence-electron chi connectivity index (χ2n) is 8.29. The third-order valence-corrected chi connectivity index (χ3v) is 6.63. The Labute approximate surface area is 169 Å². The van der Waals surface area contributed by atoms with E-state index < -0.39 is 0 Å². The van der Waals surface area contributed by atoms with E-state index in [0.29, 0.717) is 54.1 Å². The highest BCUT2D eigenvalue weighted by Crippen LogP contribution is 2.53. The van der Waals surface area contributed by atoms with Crippen LogP contribution in [0.4, 0.5) is 4.39 Å².